The molecule has 0 saturated heterocycles. The molecule has 0 aliphatic carbocycles. The van der Waals surface area contributed by atoms with Crippen LogP contribution in [0.5, 0.6) is 0 Å². The minimum atomic E-state index is -0.307. The molecule has 0 aliphatic rings. The van der Waals surface area contributed by atoms with Gasteiger partial charge in [-0.15, -0.1) is 21.8 Å². The molecule has 84 valence electrons. The van der Waals surface area contributed by atoms with Gasteiger partial charge in [0, 0.05) is 13.6 Å². The van der Waals surface area contributed by atoms with E-state index in [1.807, 2.05) is 13.8 Å². The Morgan fingerprint density at radius 3 is 2.93 bits per heavy atom. The smallest absolute Gasteiger partial charge is 0.245 e. The van der Waals surface area contributed by atoms with E-state index in [-0.39, 0.29) is 17.8 Å². The van der Waals surface area contributed by atoms with E-state index >= 15 is 0 Å². The van der Waals surface area contributed by atoms with E-state index in [4.69, 9.17) is 11.6 Å². The van der Waals surface area contributed by atoms with Gasteiger partial charge in [-0.25, -0.2) is 0 Å². The zero-order valence-corrected chi connectivity index (χ0v) is 9.90. The zero-order chi connectivity index (χ0) is 11.4. The van der Waals surface area contributed by atoms with Crippen molar-refractivity contribution in [1.29, 1.82) is 0 Å². The first-order valence-electron chi connectivity index (χ1n) is 4.81. The maximum absolute atomic E-state index is 11.8. The number of carbonyl (C=O) groups is 1. The number of amides is 1. The fourth-order valence-corrected chi connectivity index (χ4v) is 1.47. The van der Waals surface area contributed by atoms with Crippen molar-refractivity contribution in [3.63, 3.8) is 0 Å². The van der Waals surface area contributed by atoms with Crippen LogP contribution in [0, 0.1) is 0 Å². The first-order valence-corrected chi connectivity index (χ1v) is 5.34. The summed E-state index contributed by atoms with van der Waals surface area (Å²) in [7, 11) is 1.77. The number of alkyl halides is 1. The Labute approximate surface area is 94.0 Å². The molecule has 1 unspecified atom stereocenters. The number of nitrogens with zero attached hydrogens (tertiary/aromatic N) is 4. The minimum Gasteiger partial charge on any atom is -0.344 e. The van der Waals surface area contributed by atoms with Gasteiger partial charge in [0.2, 0.25) is 5.91 Å². The summed E-state index contributed by atoms with van der Waals surface area (Å²) < 4.78 is 1.70. The predicted molar refractivity (Wildman–Crippen MR) is 57.6 cm³/mol. The Morgan fingerprint density at radius 2 is 2.40 bits per heavy atom. The van der Waals surface area contributed by atoms with Crippen molar-refractivity contribution in [3.8, 4) is 0 Å². The third-order valence-corrected chi connectivity index (χ3v) is 2.63. The van der Waals surface area contributed by atoms with Crippen LogP contribution in [-0.2, 0) is 10.7 Å². The summed E-state index contributed by atoms with van der Waals surface area (Å²) in [6.07, 6.45) is 1.53. The molecule has 15 heavy (non-hydrogen) atoms. The van der Waals surface area contributed by atoms with Crippen LogP contribution in [0.3, 0.4) is 0 Å². The molecule has 0 spiro atoms. The molecule has 6 heteroatoms. The van der Waals surface area contributed by atoms with Gasteiger partial charge >= 0.3 is 0 Å². The maximum Gasteiger partial charge on any atom is 0.245 e. The molecule has 0 radical (unpaired) electrons. The van der Waals surface area contributed by atoms with E-state index in [2.05, 4.69) is 10.2 Å². The lowest BCUT2D eigenvalue weighted by atomic mass is 10.3. The molecule has 1 aromatic rings. The van der Waals surface area contributed by atoms with Gasteiger partial charge in [0.25, 0.3) is 0 Å². The van der Waals surface area contributed by atoms with Gasteiger partial charge in [0.15, 0.2) is 0 Å². The second kappa shape index (κ2) is 5.11. The van der Waals surface area contributed by atoms with E-state index in [1.54, 1.807) is 16.5 Å². The van der Waals surface area contributed by atoms with E-state index in [9.17, 15) is 4.79 Å². The van der Waals surface area contributed by atoms with Crippen molar-refractivity contribution in [2.75, 3.05) is 13.6 Å². The minimum absolute atomic E-state index is 0.0312. The lowest BCUT2D eigenvalue weighted by Gasteiger charge is -2.21. The quantitative estimate of drug-likeness (QED) is 0.727. The predicted octanol–water partition coefficient (Wildman–Crippen LogP) is 1.06. The van der Waals surface area contributed by atoms with Gasteiger partial charge in [0.05, 0.1) is 5.88 Å². The molecular formula is C9H15ClN4O. The van der Waals surface area contributed by atoms with Crippen molar-refractivity contribution < 1.29 is 4.79 Å². The van der Waals surface area contributed by atoms with Gasteiger partial charge in [0.1, 0.15) is 18.2 Å². The second-order valence-corrected chi connectivity index (χ2v) is 3.58. The molecule has 1 aromatic heterocycles. The number of hydrogen-bond donors (Lipinski definition) is 0. The van der Waals surface area contributed by atoms with Crippen LogP contribution < -0.4 is 0 Å². The number of carbonyl (C=O) groups excluding carboxylic acids is 1. The fourth-order valence-electron chi connectivity index (χ4n) is 1.28. The molecule has 0 aliphatic heterocycles. The van der Waals surface area contributed by atoms with Crippen LogP contribution in [-0.4, -0.2) is 39.2 Å². The molecule has 0 N–H and O–H groups in total. The SMILES string of the molecule is CCN(C)C(=O)C(C)n1cnnc1CCl. The summed E-state index contributed by atoms with van der Waals surface area (Å²) in [5.41, 5.74) is 0. The summed E-state index contributed by atoms with van der Waals surface area (Å²) >= 11 is 5.69. The number of hydrogen-bond acceptors (Lipinski definition) is 3. The largest absolute Gasteiger partial charge is 0.344 e. The lowest BCUT2D eigenvalue weighted by molar-refractivity contribution is -0.132. The Hall–Kier alpha value is -1.10. The fraction of sp³-hybridized carbons (Fsp3) is 0.667. The monoisotopic (exact) mass is 230 g/mol. The molecule has 1 atom stereocenters. The molecule has 1 amide bonds. The highest BCUT2D eigenvalue weighted by Gasteiger charge is 2.20. The summed E-state index contributed by atoms with van der Waals surface area (Å²) in [6, 6.07) is -0.307. The van der Waals surface area contributed by atoms with Gasteiger partial charge < -0.3 is 9.47 Å². The maximum atomic E-state index is 11.8. The Balaban J connectivity index is 2.84. The molecule has 0 saturated carbocycles. The van der Waals surface area contributed by atoms with Crippen LogP contribution in [0.2, 0.25) is 0 Å². The first-order chi connectivity index (χ1) is 7.11. The van der Waals surface area contributed by atoms with Crippen molar-refractivity contribution in [1.82, 2.24) is 19.7 Å². The third kappa shape index (κ3) is 2.47. The van der Waals surface area contributed by atoms with Crippen molar-refractivity contribution in [2.24, 2.45) is 0 Å². The number of aromatic nitrogens is 3. The highest BCUT2D eigenvalue weighted by atomic mass is 35.5. The van der Waals surface area contributed by atoms with Crippen LogP contribution in [0.4, 0.5) is 0 Å². The van der Waals surface area contributed by atoms with Gasteiger partial charge in [-0.05, 0) is 13.8 Å². The molecule has 0 bridgehead atoms. The molecule has 1 rings (SSSR count). The average Bonchev–Trinajstić information content (AvgIpc) is 2.73. The molecule has 5 nitrogen and oxygen atoms in total. The van der Waals surface area contributed by atoms with Gasteiger partial charge in [-0.2, -0.15) is 0 Å². The lowest BCUT2D eigenvalue weighted by Crippen LogP contribution is -2.33. The Kier molecular flexibility index (Phi) is 4.08. The third-order valence-electron chi connectivity index (χ3n) is 2.39. The molecule has 0 aromatic carbocycles. The van der Waals surface area contributed by atoms with Gasteiger partial charge in [-0.1, -0.05) is 0 Å². The molecule has 0 fully saturated rings. The van der Waals surface area contributed by atoms with Gasteiger partial charge in [-0.3, -0.25) is 4.79 Å². The van der Waals surface area contributed by atoms with Crippen LogP contribution in [0.1, 0.15) is 25.7 Å². The molecular weight excluding hydrogens is 216 g/mol. The van der Waals surface area contributed by atoms with Crippen LogP contribution in [0.25, 0.3) is 0 Å². The van der Waals surface area contributed by atoms with Crippen LogP contribution >= 0.6 is 11.6 Å². The van der Waals surface area contributed by atoms with Crippen molar-refractivity contribution >= 4 is 17.5 Å². The summed E-state index contributed by atoms with van der Waals surface area (Å²) in [4.78, 5) is 13.5. The van der Waals surface area contributed by atoms with E-state index < -0.39 is 0 Å². The Bertz CT molecular complexity index is 339. The topological polar surface area (TPSA) is 51.0 Å². The zero-order valence-electron chi connectivity index (χ0n) is 9.14. The highest BCUT2D eigenvalue weighted by Crippen LogP contribution is 2.12. The van der Waals surface area contributed by atoms with Crippen molar-refractivity contribution in [2.45, 2.75) is 25.8 Å². The summed E-state index contributed by atoms with van der Waals surface area (Å²) in [5, 5.41) is 7.57. The first kappa shape index (κ1) is 12.0. The van der Waals surface area contributed by atoms with E-state index in [0.717, 1.165) is 0 Å². The summed E-state index contributed by atoms with van der Waals surface area (Å²) in [6.45, 7) is 4.43. The number of likely N-dealkylation sites (N-methyl/N-ethyl adjacent to an activating group) is 1. The number of halogens is 1. The number of rotatable bonds is 4. The van der Waals surface area contributed by atoms with Crippen LogP contribution in [0.15, 0.2) is 6.33 Å². The van der Waals surface area contributed by atoms with E-state index in [0.29, 0.717) is 12.4 Å². The molecule has 1 heterocycles. The average molecular weight is 231 g/mol. The standard InChI is InChI=1S/C9H15ClN4O/c1-4-13(3)9(15)7(2)14-6-11-12-8(14)5-10/h6-7H,4-5H2,1-3H3. The van der Waals surface area contributed by atoms with E-state index in [1.165, 1.54) is 6.33 Å². The summed E-state index contributed by atoms with van der Waals surface area (Å²) in [5.74, 6) is 0.902. The van der Waals surface area contributed by atoms with Crippen molar-refractivity contribution in [3.05, 3.63) is 12.2 Å². The Morgan fingerprint density at radius 1 is 1.73 bits per heavy atom. The highest BCUT2D eigenvalue weighted by molar-refractivity contribution is 6.16. The normalized spacial score (nSPS) is 12.5. The second-order valence-electron chi connectivity index (χ2n) is 3.32.